The van der Waals surface area contributed by atoms with Crippen LogP contribution in [0, 0.1) is 0 Å². The second-order valence-electron chi connectivity index (χ2n) is 19.9. The summed E-state index contributed by atoms with van der Waals surface area (Å²) in [5.41, 5.74) is 0. The van der Waals surface area contributed by atoms with E-state index in [0.717, 1.165) is 83.5 Å². The number of hydrogen-bond donors (Lipinski definition) is 1. The number of carbonyl (C=O) groups excluding carboxylic acids is 2. The van der Waals surface area contributed by atoms with Gasteiger partial charge in [-0.3, -0.25) is 9.59 Å². The van der Waals surface area contributed by atoms with Crippen LogP contribution in [0.3, 0.4) is 0 Å². The highest BCUT2D eigenvalue weighted by atomic mass is 16.7. The van der Waals surface area contributed by atoms with E-state index in [4.69, 9.17) is 18.9 Å². The summed E-state index contributed by atoms with van der Waals surface area (Å²) < 4.78 is 22.8. The van der Waals surface area contributed by atoms with Crippen molar-refractivity contribution in [2.75, 3.05) is 47.5 Å². The summed E-state index contributed by atoms with van der Waals surface area (Å²) in [4.78, 5) is 37.3. The molecule has 0 aromatic carbocycles. The summed E-state index contributed by atoms with van der Waals surface area (Å²) in [6.07, 6.45) is 62.7. The molecule has 0 spiro atoms. The molecular formula is C60H106NO8+. The van der Waals surface area contributed by atoms with Crippen LogP contribution in [0.25, 0.3) is 0 Å². The molecule has 0 aromatic rings. The van der Waals surface area contributed by atoms with E-state index in [9.17, 15) is 19.5 Å². The van der Waals surface area contributed by atoms with E-state index < -0.39 is 24.3 Å². The second kappa shape index (κ2) is 51.1. The predicted molar refractivity (Wildman–Crippen MR) is 290 cm³/mol. The predicted octanol–water partition coefficient (Wildman–Crippen LogP) is 16.2. The van der Waals surface area contributed by atoms with Gasteiger partial charge < -0.3 is 28.5 Å². The van der Waals surface area contributed by atoms with Crippen LogP contribution in [0.1, 0.15) is 232 Å². The van der Waals surface area contributed by atoms with Crippen molar-refractivity contribution in [3.8, 4) is 0 Å². The maximum Gasteiger partial charge on any atom is 0.361 e. The number of likely N-dealkylation sites (N-methyl/N-ethyl adjacent to an activating group) is 1. The van der Waals surface area contributed by atoms with Gasteiger partial charge in [-0.25, -0.2) is 4.79 Å². The zero-order valence-corrected chi connectivity index (χ0v) is 45.2. The van der Waals surface area contributed by atoms with Crippen molar-refractivity contribution in [3.63, 3.8) is 0 Å². The SMILES string of the molecule is CC/C=C\C/C=C\C/C=C\CCCCCCCC(=O)OCC(COC(OCC[N+](C)(C)C)C(=O)O)OC(=O)CCCCCCCCCCCCCCCC/C=C\C/C=C\C/C=C\CCCCCCC. The average Bonchev–Trinajstić information content (AvgIpc) is 3.31. The number of carboxylic acids is 1. The van der Waals surface area contributed by atoms with Crippen LogP contribution in [-0.2, 0) is 33.3 Å². The van der Waals surface area contributed by atoms with Crippen LogP contribution < -0.4 is 0 Å². The first kappa shape index (κ1) is 65.7. The lowest BCUT2D eigenvalue weighted by Gasteiger charge is -2.25. The van der Waals surface area contributed by atoms with E-state index in [1.165, 1.54) is 116 Å². The third kappa shape index (κ3) is 52.4. The number of nitrogens with zero attached hydrogens (tertiary/aromatic N) is 1. The number of allylic oxidation sites excluding steroid dienone is 12. The molecule has 0 saturated carbocycles. The molecule has 0 aliphatic carbocycles. The molecule has 0 saturated heterocycles. The zero-order valence-electron chi connectivity index (χ0n) is 45.2. The van der Waals surface area contributed by atoms with Gasteiger partial charge in [0.05, 0.1) is 34.4 Å². The molecule has 0 aromatic heterocycles. The fourth-order valence-corrected chi connectivity index (χ4v) is 7.62. The van der Waals surface area contributed by atoms with Gasteiger partial charge >= 0.3 is 17.9 Å². The molecule has 0 aliphatic rings. The highest BCUT2D eigenvalue weighted by Gasteiger charge is 2.25. The van der Waals surface area contributed by atoms with Crippen LogP contribution >= 0.6 is 0 Å². The monoisotopic (exact) mass is 969 g/mol. The van der Waals surface area contributed by atoms with Gasteiger partial charge in [-0.05, 0) is 83.5 Å². The van der Waals surface area contributed by atoms with Gasteiger partial charge in [-0.2, -0.15) is 0 Å². The van der Waals surface area contributed by atoms with Crippen LogP contribution in [0.4, 0.5) is 0 Å². The first-order valence-electron chi connectivity index (χ1n) is 28.1. The molecule has 69 heavy (non-hydrogen) atoms. The summed E-state index contributed by atoms with van der Waals surface area (Å²) in [5, 5.41) is 9.68. The Balaban J connectivity index is 4.21. The Morgan fingerprint density at radius 2 is 0.826 bits per heavy atom. The number of hydrogen-bond acceptors (Lipinski definition) is 7. The van der Waals surface area contributed by atoms with Crippen LogP contribution in [0.15, 0.2) is 72.9 Å². The van der Waals surface area contributed by atoms with Crippen LogP contribution in [0.2, 0.25) is 0 Å². The topological polar surface area (TPSA) is 108 Å². The maximum atomic E-state index is 12.9. The minimum absolute atomic E-state index is 0.182. The van der Waals surface area contributed by atoms with Crippen LogP contribution in [0.5, 0.6) is 0 Å². The number of unbranched alkanes of at least 4 members (excludes halogenated alkanes) is 24. The summed E-state index contributed by atoms with van der Waals surface area (Å²) in [6, 6.07) is 0. The van der Waals surface area contributed by atoms with E-state index in [1.54, 1.807) is 0 Å². The second-order valence-corrected chi connectivity index (χ2v) is 19.9. The standard InChI is InChI=1S/C60H105NO8/c1-6-8-10-12-14-16-18-20-22-23-24-25-26-27-28-29-30-31-32-33-34-35-37-39-41-43-45-47-49-51-58(63)69-56(55-68-60(59(64)65)66-53-52-61(3,4)5)54-67-57(62)50-48-46-44-42-40-38-36-21-19-17-15-13-11-9-7-2/h9,11,15,17-18,20-21,23-24,26-27,36,56,60H,6-8,10,12-14,16,19,22,25,28-35,37-55H2,1-5H3/p+1/b11-9-,17-15-,20-18-,24-23-,27-26-,36-21-. The molecule has 0 heterocycles. The quantitative estimate of drug-likeness (QED) is 0.0211. The molecule has 0 aliphatic heterocycles. The Labute approximate surface area is 424 Å². The lowest BCUT2D eigenvalue weighted by atomic mass is 10.0. The maximum absolute atomic E-state index is 12.9. The molecule has 0 radical (unpaired) electrons. The normalized spacial score (nSPS) is 13.3. The first-order valence-corrected chi connectivity index (χ1v) is 28.1. The molecule has 9 nitrogen and oxygen atoms in total. The molecule has 9 heteroatoms. The summed E-state index contributed by atoms with van der Waals surface area (Å²) in [6.45, 7) is 4.73. The highest BCUT2D eigenvalue weighted by Crippen LogP contribution is 2.16. The van der Waals surface area contributed by atoms with Gasteiger partial charge in [0, 0.05) is 12.8 Å². The molecular weight excluding hydrogens is 863 g/mol. The van der Waals surface area contributed by atoms with Gasteiger partial charge in [-0.15, -0.1) is 0 Å². The van der Waals surface area contributed by atoms with Crippen molar-refractivity contribution < 1.29 is 42.9 Å². The summed E-state index contributed by atoms with van der Waals surface area (Å²) in [5.74, 6) is -2.03. The summed E-state index contributed by atoms with van der Waals surface area (Å²) >= 11 is 0. The third-order valence-electron chi connectivity index (χ3n) is 11.9. The minimum atomic E-state index is -1.52. The number of rotatable bonds is 51. The molecule has 0 amide bonds. The van der Waals surface area contributed by atoms with E-state index in [1.807, 2.05) is 21.1 Å². The van der Waals surface area contributed by atoms with E-state index in [-0.39, 0.29) is 38.6 Å². The highest BCUT2D eigenvalue weighted by molar-refractivity contribution is 5.71. The van der Waals surface area contributed by atoms with Gasteiger partial charge in [0.15, 0.2) is 6.10 Å². The molecule has 2 unspecified atom stereocenters. The summed E-state index contributed by atoms with van der Waals surface area (Å²) in [7, 11) is 5.96. The molecule has 1 N–H and O–H groups in total. The van der Waals surface area contributed by atoms with E-state index in [0.29, 0.717) is 17.4 Å². The Morgan fingerprint density at radius 3 is 1.23 bits per heavy atom. The van der Waals surface area contributed by atoms with Crippen molar-refractivity contribution in [2.45, 2.75) is 245 Å². The molecule has 2 atom stereocenters. The molecule has 398 valence electrons. The van der Waals surface area contributed by atoms with Gasteiger partial charge in [0.25, 0.3) is 6.29 Å². The number of aliphatic carboxylic acids is 1. The van der Waals surface area contributed by atoms with Crippen molar-refractivity contribution in [2.24, 2.45) is 0 Å². The lowest BCUT2D eigenvalue weighted by Crippen LogP contribution is -2.40. The van der Waals surface area contributed by atoms with Crippen molar-refractivity contribution in [1.29, 1.82) is 0 Å². The van der Waals surface area contributed by atoms with Crippen molar-refractivity contribution >= 4 is 17.9 Å². The molecule has 0 bridgehead atoms. The average molecular weight is 970 g/mol. The minimum Gasteiger partial charge on any atom is -0.477 e. The van der Waals surface area contributed by atoms with Crippen LogP contribution in [-0.4, -0.2) is 87.4 Å². The lowest BCUT2D eigenvalue weighted by molar-refractivity contribution is -0.870. The first-order chi connectivity index (χ1) is 33.6. The Kier molecular flexibility index (Phi) is 48.7. The Hall–Kier alpha value is -3.27. The largest absolute Gasteiger partial charge is 0.477 e. The van der Waals surface area contributed by atoms with Crippen molar-refractivity contribution in [3.05, 3.63) is 72.9 Å². The van der Waals surface area contributed by atoms with Gasteiger partial charge in [-0.1, -0.05) is 209 Å². The number of ether oxygens (including phenoxy) is 4. The smallest absolute Gasteiger partial charge is 0.361 e. The number of esters is 2. The molecule has 0 fully saturated rings. The van der Waals surface area contributed by atoms with Crippen molar-refractivity contribution in [1.82, 2.24) is 0 Å². The third-order valence-corrected chi connectivity index (χ3v) is 11.9. The zero-order chi connectivity index (χ0) is 50.6. The Morgan fingerprint density at radius 1 is 0.449 bits per heavy atom. The fraction of sp³-hybridized carbons (Fsp3) is 0.750. The number of carboxylic acid groups (broad SMARTS) is 1. The van der Waals surface area contributed by atoms with Gasteiger partial charge in [0.1, 0.15) is 13.2 Å². The Bertz CT molecular complexity index is 1360. The number of quaternary nitrogens is 1. The molecule has 0 rings (SSSR count). The van der Waals surface area contributed by atoms with Gasteiger partial charge in [0.2, 0.25) is 0 Å². The fourth-order valence-electron chi connectivity index (χ4n) is 7.62. The van der Waals surface area contributed by atoms with E-state index >= 15 is 0 Å². The van der Waals surface area contributed by atoms with E-state index in [2.05, 4.69) is 86.8 Å². The number of carbonyl (C=O) groups is 3.